The third-order valence-electron chi connectivity index (χ3n) is 4.49. The molecule has 0 spiro atoms. The smallest absolute Gasteiger partial charge is 0.496 e. The highest BCUT2D eigenvalue weighted by Gasteiger charge is 2.31. The highest BCUT2D eigenvalue weighted by molar-refractivity contribution is 6.01. The molecular weight excluding hydrogens is 497 g/mol. The van der Waals surface area contributed by atoms with Crippen LogP contribution in [0.2, 0.25) is 0 Å². The maximum atomic E-state index is 12.6. The summed E-state index contributed by atoms with van der Waals surface area (Å²) >= 11 is 0. The summed E-state index contributed by atoms with van der Waals surface area (Å²) in [4.78, 5) is 38.2. The number of nitrogens with one attached hydrogen (secondary N) is 3. The second kappa shape index (κ2) is 12.2. The molecule has 0 aliphatic rings. The Hall–Kier alpha value is -4.16. The van der Waals surface area contributed by atoms with Crippen LogP contribution in [0.5, 0.6) is 11.5 Å². The van der Waals surface area contributed by atoms with E-state index < -0.39 is 35.7 Å². The van der Waals surface area contributed by atoms with Crippen LogP contribution >= 0.6 is 0 Å². The summed E-state index contributed by atoms with van der Waals surface area (Å²) in [6.07, 6.45) is -5.33. The standard InChI is InChI=1S/C24H29F3N4O6/c1-23(2,3)37-22(34)31(4)13-12-28-20(32)18-11-8-16(14-19(18)35-5)30-21(33)29-15-6-9-17(10-7-15)36-24(25,26)27/h6-11,14H,12-13H2,1-5H3,(H,28,32)(H2,29,30,33). The van der Waals surface area contributed by atoms with Crippen LogP contribution in [-0.2, 0) is 4.74 Å². The number of halogens is 3. The summed E-state index contributed by atoms with van der Waals surface area (Å²) in [6.45, 7) is 5.63. The minimum absolute atomic E-state index is 0.160. The summed E-state index contributed by atoms with van der Waals surface area (Å²) in [5.41, 5.74) is 0.0951. The number of carbonyl (C=O) groups excluding carboxylic acids is 3. The molecule has 0 heterocycles. The Morgan fingerprint density at radius 3 is 2.11 bits per heavy atom. The van der Waals surface area contributed by atoms with Crippen LogP contribution < -0.4 is 25.4 Å². The zero-order valence-corrected chi connectivity index (χ0v) is 21.0. The lowest BCUT2D eigenvalue weighted by atomic mass is 10.1. The number of nitrogens with zero attached hydrogens (tertiary/aromatic N) is 1. The van der Waals surface area contributed by atoms with Crippen molar-refractivity contribution in [2.75, 3.05) is 37.9 Å². The van der Waals surface area contributed by atoms with Gasteiger partial charge in [-0.25, -0.2) is 9.59 Å². The fourth-order valence-electron chi connectivity index (χ4n) is 2.85. The molecule has 0 radical (unpaired) electrons. The van der Waals surface area contributed by atoms with Crippen molar-refractivity contribution < 1.29 is 41.8 Å². The molecule has 202 valence electrons. The lowest BCUT2D eigenvalue weighted by Crippen LogP contribution is -2.39. The minimum Gasteiger partial charge on any atom is -0.496 e. The molecule has 2 aromatic carbocycles. The van der Waals surface area contributed by atoms with Crippen LogP contribution in [0.25, 0.3) is 0 Å². The highest BCUT2D eigenvalue weighted by Crippen LogP contribution is 2.25. The van der Waals surface area contributed by atoms with E-state index in [1.807, 2.05) is 0 Å². The van der Waals surface area contributed by atoms with E-state index in [1.165, 1.54) is 42.3 Å². The fourth-order valence-corrected chi connectivity index (χ4v) is 2.85. The molecular formula is C24H29F3N4O6. The van der Waals surface area contributed by atoms with Crippen molar-refractivity contribution >= 4 is 29.4 Å². The van der Waals surface area contributed by atoms with E-state index in [-0.39, 0.29) is 30.1 Å². The van der Waals surface area contributed by atoms with E-state index >= 15 is 0 Å². The zero-order chi connectivity index (χ0) is 27.8. The molecule has 10 nitrogen and oxygen atoms in total. The number of methoxy groups -OCH3 is 1. The van der Waals surface area contributed by atoms with E-state index in [9.17, 15) is 27.6 Å². The molecule has 0 aromatic heterocycles. The van der Waals surface area contributed by atoms with Gasteiger partial charge < -0.3 is 35.1 Å². The third kappa shape index (κ3) is 10.2. The number of ether oxygens (including phenoxy) is 3. The summed E-state index contributed by atoms with van der Waals surface area (Å²) in [6, 6.07) is 8.30. The largest absolute Gasteiger partial charge is 0.573 e. The number of amides is 4. The number of alkyl halides is 3. The first-order chi connectivity index (χ1) is 17.2. The van der Waals surface area contributed by atoms with Crippen molar-refractivity contribution in [1.29, 1.82) is 0 Å². The number of hydrogen-bond donors (Lipinski definition) is 3. The van der Waals surface area contributed by atoms with Gasteiger partial charge in [-0.05, 0) is 57.2 Å². The molecule has 2 aromatic rings. The van der Waals surface area contributed by atoms with Crippen LogP contribution in [0.15, 0.2) is 42.5 Å². The first-order valence-electron chi connectivity index (χ1n) is 11.0. The van der Waals surface area contributed by atoms with E-state index in [0.717, 1.165) is 12.1 Å². The van der Waals surface area contributed by atoms with E-state index in [0.29, 0.717) is 5.69 Å². The molecule has 0 atom stereocenters. The topological polar surface area (TPSA) is 118 Å². The first kappa shape index (κ1) is 29.1. The molecule has 37 heavy (non-hydrogen) atoms. The predicted molar refractivity (Wildman–Crippen MR) is 130 cm³/mol. The quantitative estimate of drug-likeness (QED) is 0.453. The summed E-state index contributed by atoms with van der Waals surface area (Å²) in [5, 5.41) is 7.69. The van der Waals surface area contributed by atoms with Crippen molar-refractivity contribution in [2.45, 2.75) is 32.7 Å². The Labute approximate surface area is 212 Å². The lowest BCUT2D eigenvalue weighted by Gasteiger charge is -2.24. The van der Waals surface area contributed by atoms with E-state index in [4.69, 9.17) is 9.47 Å². The van der Waals surface area contributed by atoms with Gasteiger partial charge in [0.15, 0.2) is 0 Å². The van der Waals surface area contributed by atoms with Gasteiger partial charge in [-0.2, -0.15) is 0 Å². The molecule has 3 N–H and O–H groups in total. The zero-order valence-electron chi connectivity index (χ0n) is 21.0. The number of carbonyl (C=O) groups is 3. The van der Waals surface area contributed by atoms with Crippen molar-refractivity contribution in [3.05, 3.63) is 48.0 Å². The Morgan fingerprint density at radius 2 is 1.54 bits per heavy atom. The fraction of sp³-hybridized carbons (Fsp3) is 0.375. The average molecular weight is 527 g/mol. The van der Waals surface area contributed by atoms with Gasteiger partial charge in [0.1, 0.15) is 17.1 Å². The Bertz CT molecular complexity index is 1100. The number of rotatable bonds is 8. The molecule has 13 heteroatoms. The Morgan fingerprint density at radius 1 is 0.946 bits per heavy atom. The SMILES string of the molecule is COc1cc(NC(=O)Nc2ccc(OC(F)(F)F)cc2)ccc1C(=O)NCCN(C)C(=O)OC(C)(C)C. The van der Waals surface area contributed by atoms with Gasteiger partial charge in [-0.3, -0.25) is 4.79 Å². The van der Waals surface area contributed by atoms with Crippen molar-refractivity contribution in [3.63, 3.8) is 0 Å². The second-order valence-corrected chi connectivity index (χ2v) is 8.72. The van der Waals surface area contributed by atoms with Crippen LogP contribution in [0.3, 0.4) is 0 Å². The highest BCUT2D eigenvalue weighted by atomic mass is 19.4. The van der Waals surface area contributed by atoms with Crippen LogP contribution in [0.1, 0.15) is 31.1 Å². The molecule has 0 aliphatic carbocycles. The number of benzene rings is 2. The maximum Gasteiger partial charge on any atom is 0.573 e. The molecule has 2 rings (SSSR count). The average Bonchev–Trinajstić information content (AvgIpc) is 2.78. The minimum atomic E-state index is -4.81. The van der Waals surface area contributed by atoms with Gasteiger partial charge in [0.25, 0.3) is 5.91 Å². The Balaban J connectivity index is 1.92. The van der Waals surface area contributed by atoms with Gasteiger partial charge >= 0.3 is 18.5 Å². The third-order valence-corrected chi connectivity index (χ3v) is 4.49. The van der Waals surface area contributed by atoms with Crippen LogP contribution in [0, 0.1) is 0 Å². The van der Waals surface area contributed by atoms with Gasteiger partial charge in [-0.15, -0.1) is 13.2 Å². The van der Waals surface area contributed by atoms with Crippen molar-refractivity contribution in [2.24, 2.45) is 0 Å². The van der Waals surface area contributed by atoms with Gasteiger partial charge in [0.05, 0.1) is 12.7 Å². The van der Waals surface area contributed by atoms with E-state index in [1.54, 1.807) is 27.8 Å². The molecule has 0 fully saturated rings. The van der Waals surface area contributed by atoms with Crippen molar-refractivity contribution in [3.8, 4) is 11.5 Å². The maximum absolute atomic E-state index is 12.6. The van der Waals surface area contributed by atoms with Crippen LogP contribution in [0.4, 0.5) is 34.1 Å². The summed E-state index contributed by atoms with van der Waals surface area (Å²) in [7, 11) is 2.91. The van der Waals surface area contributed by atoms with Crippen LogP contribution in [-0.4, -0.2) is 62.1 Å². The normalized spacial score (nSPS) is 11.2. The number of hydrogen-bond acceptors (Lipinski definition) is 6. The Kier molecular flexibility index (Phi) is 9.58. The van der Waals surface area contributed by atoms with Gasteiger partial charge in [-0.1, -0.05) is 0 Å². The lowest BCUT2D eigenvalue weighted by molar-refractivity contribution is -0.274. The number of urea groups is 1. The molecule has 0 saturated carbocycles. The molecule has 0 aliphatic heterocycles. The predicted octanol–water partition coefficient (Wildman–Crippen LogP) is 4.83. The van der Waals surface area contributed by atoms with Gasteiger partial charge in [0, 0.05) is 37.6 Å². The molecule has 4 amide bonds. The summed E-state index contributed by atoms with van der Waals surface area (Å²) in [5.74, 6) is -0.690. The number of anilines is 2. The summed E-state index contributed by atoms with van der Waals surface area (Å²) < 4.78 is 51.0. The first-order valence-corrected chi connectivity index (χ1v) is 11.0. The number of likely N-dealkylation sites (N-methyl/N-ethyl adjacent to an activating group) is 1. The molecule has 0 saturated heterocycles. The molecule has 0 bridgehead atoms. The molecule has 0 unspecified atom stereocenters. The van der Waals surface area contributed by atoms with Crippen molar-refractivity contribution in [1.82, 2.24) is 10.2 Å². The van der Waals surface area contributed by atoms with E-state index in [2.05, 4.69) is 20.7 Å². The second-order valence-electron chi connectivity index (χ2n) is 8.72. The van der Waals surface area contributed by atoms with Gasteiger partial charge in [0.2, 0.25) is 0 Å². The monoisotopic (exact) mass is 526 g/mol.